The van der Waals surface area contributed by atoms with E-state index in [-0.39, 0.29) is 36.1 Å². The third-order valence-electron chi connectivity index (χ3n) is 3.17. The first-order chi connectivity index (χ1) is 10.2. The number of primary sulfonamides is 1. The minimum atomic E-state index is -3.64. The molecule has 0 radical (unpaired) electrons. The molecule has 1 aliphatic heterocycles. The van der Waals surface area contributed by atoms with Crippen molar-refractivity contribution in [1.29, 1.82) is 0 Å². The van der Waals surface area contributed by atoms with Crippen molar-refractivity contribution < 1.29 is 22.7 Å². The average molecular weight is 392 g/mol. The van der Waals surface area contributed by atoms with Gasteiger partial charge in [-0.05, 0) is 22.0 Å². The quantitative estimate of drug-likeness (QED) is 0.735. The van der Waals surface area contributed by atoms with Crippen LogP contribution < -0.4 is 10.0 Å². The molecule has 10 heteroatoms. The SMILES string of the molecule is COC(=O)c1cnc(N2CC(CS(N)(=O)=O)CC2=O)c(Br)c1. The van der Waals surface area contributed by atoms with Gasteiger partial charge in [0, 0.05) is 25.1 Å². The van der Waals surface area contributed by atoms with E-state index in [0.717, 1.165) is 0 Å². The lowest BCUT2D eigenvalue weighted by atomic mass is 10.1. The van der Waals surface area contributed by atoms with Gasteiger partial charge >= 0.3 is 5.97 Å². The lowest BCUT2D eigenvalue weighted by molar-refractivity contribution is -0.117. The summed E-state index contributed by atoms with van der Waals surface area (Å²) < 4.78 is 27.3. The standard InChI is InChI=1S/C12H14BrN3O5S/c1-21-12(18)8-3-9(13)11(15-4-8)16-5-7(2-10(16)17)6-22(14,19)20/h3-4,7H,2,5-6H2,1H3,(H2,14,19,20). The maximum Gasteiger partial charge on any atom is 0.339 e. The van der Waals surface area contributed by atoms with Crippen molar-refractivity contribution in [3.8, 4) is 0 Å². The summed E-state index contributed by atoms with van der Waals surface area (Å²) in [5, 5.41) is 5.01. The molecular weight excluding hydrogens is 378 g/mol. The molecule has 0 aromatic carbocycles. The fourth-order valence-electron chi connectivity index (χ4n) is 2.29. The Bertz CT molecular complexity index is 721. The second-order valence-corrected chi connectivity index (χ2v) is 7.44. The first-order valence-corrected chi connectivity index (χ1v) is 8.77. The van der Waals surface area contributed by atoms with Crippen molar-refractivity contribution in [2.45, 2.75) is 6.42 Å². The van der Waals surface area contributed by atoms with Crippen molar-refractivity contribution in [1.82, 2.24) is 4.98 Å². The van der Waals surface area contributed by atoms with Gasteiger partial charge in [0.15, 0.2) is 0 Å². The summed E-state index contributed by atoms with van der Waals surface area (Å²) in [5.74, 6) is -1.09. The number of hydrogen-bond acceptors (Lipinski definition) is 6. The first-order valence-electron chi connectivity index (χ1n) is 6.26. The largest absolute Gasteiger partial charge is 0.465 e. The van der Waals surface area contributed by atoms with Gasteiger partial charge in [0.05, 0.1) is 22.9 Å². The van der Waals surface area contributed by atoms with Gasteiger partial charge in [-0.15, -0.1) is 0 Å². The Balaban J connectivity index is 2.22. The van der Waals surface area contributed by atoms with E-state index in [1.54, 1.807) is 0 Å². The van der Waals surface area contributed by atoms with Gasteiger partial charge in [-0.1, -0.05) is 0 Å². The van der Waals surface area contributed by atoms with Crippen LogP contribution in [-0.4, -0.2) is 44.7 Å². The Kier molecular flexibility index (Phi) is 4.83. The van der Waals surface area contributed by atoms with Gasteiger partial charge in [0.25, 0.3) is 0 Å². The number of sulfonamides is 1. The predicted octanol–water partition coefficient (Wildman–Crippen LogP) is 0.272. The lowest BCUT2D eigenvalue weighted by Crippen LogP contribution is -2.28. The molecule has 1 saturated heterocycles. The molecule has 2 heterocycles. The number of pyridine rings is 1. The van der Waals surface area contributed by atoms with Crippen LogP contribution in [0.3, 0.4) is 0 Å². The number of nitrogens with zero attached hydrogens (tertiary/aromatic N) is 2. The molecule has 120 valence electrons. The molecule has 0 saturated carbocycles. The van der Waals surface area contributed by atoms with Crippen molar-refractivity contribution in [2.75, 3.05) is 24.3 Å². The Morgan fingerprint density at radius 3 is 2.82 bits per heavy atom. The molecule has 1 aliphatic rings. The lowest BCUT2D eigenvalue weighted by Gasteiger charge is -2.17. The molecule has 2 rings (SSSR count). The van der Waals surface area contributed by atoms with Crippen LogP contribution in [-0.2, 0) is 19.6 Å². The maximum absolute atomic E-state index is 12.0. The zero-order valence-electron chi connectivity index (χ0n) is 11.7. The zero-order chi connectivity index (χ0) is 16.5. The predicted molar refractivity (Wildman–Crippen MR) is 81.7 cm³/mol. The number of nitrogens with two attached hydrogens (primary N) is 1. The highest BCUT2D eigenvalue weighted by atomic mass is 79.9. The third-order valence-corrected chi connectivity index (χ3v) is 4.69. The number of amides is 1. The maximum atomic E-state index is 12.0. The average Bonchev–Trinajstić information content (AvgIpc) is 2.76. The molecule has 1 amide bonds. The van der Waals surface area contributed by atoms with Crippen LogP contribution in [0, 0.1) is 5.92 Å². The van der Waals surface area contributed by atoms with Crippen molar-refractivity contribution >= 4 is 43.6 Å². The highest BCUT2D eigenvalue weighted by molar-refractivity contribution is 9.10. The monoisotopic (exact) mass is 391 g/mol. The zero-order valence-corrected chi connectivity index (χ0v) is 14.1. The summed E-state index contributed by atoms with van der Waals surface area (Å²) in [6.45, 7) is 0.207. The minimum Gasteiger partial charge on any atom is -0.465 e. The van der Waals surface area contributed by atoms with E-state index in [1.807, 2.05) is 0 Å². The number of halogens is 1. The number of methoxy groups -OCH3 is 1. The molecule has 0 bridgehead atoms. The molecule has 1 fully saturated rings. The topological polar surface area (TPSA) is 120 Å². The summed E-state index contributed by atoms with van der Waals surface area (Å²) in [4.78, 5) is 28.9. The summed E-state index contributed by atoms with van der Waals surface area (Å²) >= 11 is 3.26. The number of aromatic nitrogens is 1. The normalized spacial score (nSPS) is 18.6. The number of rotatable bonds is 4. The highest BCUT2D eigenvalue weighted by Crippen LogP contribution is 2.30. The van der Waals surface area contributed by atoms with E-state index >= 15 is 0 Å². The van der Waals surface area contributed by atoms with E-state index in [9.17, 15) is 18.0 Å². The van der Waals surface area contributed by atoms with E-state index < -0.39 is 16.0 Å². The van der Waals surface area contributed by atoms with Crippen LogP contribution >= 0.6 is 15.9 Å². The van der Waals surface area contributed by atoms with Crippen molar-refractivity contribution in [3.05, 3.63) is 22.3 Å². The molecule has 8 nitrogen and oxygen atoms in total. The minimum absolute atomic E-state index is 0.0866. The van der Waals surface area contributed by atoms with Gasteiger partial charge in [-0.3, -0.25) is 9.69 Å². The number of ether oxygens (including phenoxy) is 1. The highest BCUT2D eigenvalue weighted by Gasteiger charge is 2.34. The van der Waals surface area contributed by atoms with Gasteiger partial charge in [0.2, 0.25) is 15.9 Å². The third kappa shape index (κ3) is 3.81. The summed E-state index contributed by atoms with van der Waals surface area (Å²) in [6.07, 6.45) is 1.38. The number of anilines is 1. The molecule has 1 atom stereocenters. The molecule has 0 spiro atoms. The molecule has 1 aromatic rings. The Labute approximate surface area is 135 Å². The van der Waals surface area contributed by atoms with Crippen LogP contribution in [0.15, 0.2) is 16.7 Å². The van der Waals surface area contributed by atoms with Crippen LogP contribution in [0.4, 0.5) is 5.82 Å². The summed E-state index contributed by atoms with van der Waals surface area (Å²) in [7, 11) is -2.38. The van der Waals surface area contributed by atoms with Crippen molar-refractivity contribution in [2.24, 2.45) is 11.1 Å². The second-order valence-electron chi connectivity index (χ2n) is 4.93. The van der Waals surface area contributed by atoms with Gasteiger partial charge in [-0.25, -0.2) is 23.3 Å². The molecule has 1 unspecified atom stereocenters. The molecule has 22 heavy (non-hydrogen) atoms. The molecule has 1 aromatic heterocycles. The van der Waals surface area contributed by atoms with E-state index in [2.05, 4.69) is 25.7 Å². The summed E-state index contributed by atoms with van der Waals surface area (Å²) in [5.41, 5.74) is 0.242. The first kappa shape index (κ1) is 16.8. The van der Waals surface area contributed by atoms with Crippen LogP contribution in [0.1, 0.15) is 16.8 Å². The fraction of sp³-hybridized carbons (Fsp3) is 0.417. The van der Waals surface area contributed by atoms with Crippen LogP contribution in [0.25, 0.3) is 0 Å². The molecule has 2 N–H and O–H groups in total. The van der Waals surface area contributed by atoms with E-state index in [4.69, 9.17) is 5.14 Å². The Morgan fingerprint density at radius 1 is 1.59 bits per heavy atom. The van der Waals surface area contributed by atoms with Crippen LogP contribution in [0.2, 0.25) is 0 Å². The van der Waals surface area contributed by atoms with Crippen LogP contribution in [0.5, 0.6) is 0 Å². The molecule has 0 aliphatic carbocycles. The second kappa shape index (κ2) is 6.31. The molecular formula is C12H14BrN3O5S. The van der Waals surface area contributed by atoms with E-state index in [0.29, 0.717) is 10.3 Å². The number of carbonyl (C=O) groups excluding carboxylic acids is 2. The number of hydrogen-bond donors (Lipinski definition) is 1. The Morgan fingerprint density at radius 2 is 2.27 bits per heavy atom. The summed E-state index contributed by atoms with van der Waals surface area (Å²) in [6, 6.07) is 1.49. The number of esters is 1. The van der Waals surface area contributed by atoms with Gasteiger partial charge in [-0.2, -0.15) is 0 Å². The smallest absolute Gasteiger partial charge is 0.339 e. The Hall–Kier alpha value is -1.52. The van der Waals surface area contributed by atoms with Gasteiger partial charge < -0.3 is 4.74 Å². The number of carbonyl (C=O) groups is 2. The van der Waals surface area contributed by atoms with E-state index in [1.165, 1.54) is 24.3 Å². The fourth-order valence-corrected chi connectivity index (χ4v) is 3.73. The van der Waals surface area contributed by atoms with Crippen molar-refractivity contribution in [3.63, 3.8) is 0 Å². The van der Waals surface area contributed by atoms with Gasteiger partial charge in [0.1, 0.15) is 5.82 Å².